The zero-order chi connectivity index (χ0) is 17.4. The highest BCUT2D eigenvalue weighted by molar-refractivity contribution is 5.76. The summed E-state index contributed by atoms with van der Waals surface area (Å²) in [6, 6.07) is 18.9. The van der Waals surface area contributed by atoms with E-state index >= 15 is 0 Å². The van der Waals surface area contributed by atoms with E-state index in [1.807, 2.05) is 0 Å². The van der Waals surface area contributed by atoms with E-state index in [9.17, 15) is 0 Å². The predicted molar refractivity (Wildman–Crippen MR) is 104 cm³/mol. The summed E-state index contributed by atoms with van der Waals surface area (Å²) in [6.45, 7) is 11.4. The van der Waals surface area contributed by atoms with E-state index < -0.39 is 0 Å². The first kappa shape index (κ1) is 17.0. The largest absolute Gasteiger partial charge is 0.293 e. The van der Waals surface area contributed by atoms with Crippen LogP contribution < -0.4 is 0 Å². The normalized spacial score (nSPS) is 22.9. The molecule has 0 amide bonds. The van der Waals surface area contributed by atoms with Crippen LogP contribution in [0.15, 0.2) is 54.1 Å². The van der Waals surface area contributed by atoms with E-state index in [2.05, 4.69) is 95.1 Å². The van der Waals surface area contributed by atoms with Gasteiger partial charge in [0.1, 0.15) is 0 Å². The van der Waals surface area contributed by atoms with Crippen LogP contribution in [-0.4, -0.2) is 24.0 Å². The average molecular weight is 319 g/mol. The molecule has 0 aliphatic carbocycles. The molecule has 0 saturated carbocycles. The number of hydrogen-bond donors (Lipinski definition) is 0. The minimum atomic E-state index is 0.414. The molecule has 3 rings (SSSR count). The highest BCUT2D eigenvalue weighted by atomic mass is 15.2. The zero-order valence-electron chi connectivity index (χ0n) is 15.8. The van der Waals surface area contributed by atoms with Crippen LogP contribution in [0.3, 0.4) is 0 Å². The standard InChI is InChI=1S/C23H29N/c1-15-12-21(17(3)20-10-8-7-9-11-20)14-22(13-15)23-16(2)18(4)24(6)19(23)5/h7-14,17-19H,1-6H3. The summed E-state index contributed by atoms with van der Waals surface area (Å²) in [4.78, 5) is 2.47. The maximum atomic E-state index is 2.47. The Morgan fingerprint density at radius 1 is 0.875 bits per heavy atom. The molecule has 0 spiro atoms. The SMILES string of the molecule is CC1=C(c2cc(C)cc(C(C)c3ccccc3)c2)C(C)N(C)C1C. The zero-order valence-corrected chi connectivity index (χ0v) is 15.8. The molecule has 0 aromatic heterocycles. The van der Waals surface area contributed by atoms with Crippen LogP contribution >= 0.6 is 0 Å². The molecule has 1 heteroatoms. The molecule has 2 aromatic carbocycles. The molecule has 0 fully saturated rings. The van der Waals surface area contributed by atoms with Crippen molar-refractivity contribution in [1.82, 2.24) is 4.90 Å². The Balaban J connectivity index is 2.05. The first-order chi connectivity index (χ1) is 11.4. The molecule has 0 bridgehead atoms. The van der Waals surface area contributed by atoms with Gasteiger partial charge in [-0.05, 0) is 57.0 Å². The molecule has 24 heavy (non-hydrogen) atoms. The highest BCUT2D eigenvalue weighted by Gasteiger charge is 2.31. The Morgan fingerprint density at radius 3 is 2.12 bits per heavy atom. The Kier molecular flexibility index (Phi) is 4.64. The van der Waals surface area contributed by atoms with Crippen molar-refractivity contribution >= 4 is 5.57 Å². The molecule has 126 valence electrons. The quantitative estimate of drug-likeness (QED) is 0.707. The molecule has 0 N–H and O–H groups in total. The van der Waals surface area contributed by atoms with Crippen molar-refractivity contribution in [2.24, 2.45) is 0 Å². The van der Waals surface area contributed by atoms with Crippen LogP contribution in [0, 0.1) is 6.92 Å². The summed E-state index contributed by atoms with van der Waals surface area (Å²) in [6.07, 6.45) is 0. The first-order valence-electron chi connectivity index (χ1n) is 8.99. The fourth-order valence-electron chi connectivity index (χ4n) is 4.02. The third-order valence-electron chi connectivity index (χ3n) is 5.90. The van der Waals surface area contributed by atoms with Gasteiger partial charge in [-0.15, -0.1) is 0 Å². The summed E-state index contributed by atoms with van der Waals surface area (Å²) in [5.41, 5.74) is 8.55. The van der Waals surface area contributed by atoms with Gasteiger partial charge in [-0.3, -0.25) is 4.90 Å². The van der Waals surface area contributed by atoms with Gasteiger partial charge in [0.2, 0.25) is 0 Å². The summed E-state index contributed by atoms with van der Waals surface area (Å²) >= 11 is 0. The summed E-state index contributed by atoms with van der Waals surface area (Å²) in [5.74, 6) is 0.414. The van der Waals surface area contributed by atoms with Crippen LogP contribution in [0.4, 0.5) is 0 Å². The molecular formula is C23H29N. The topological polar surface area (TPSA) is 3.24 Å². The second-order valence-corrected chi connectivity index (χ2v) is 7.38. The third-order valence-corrected chi connectivity index (χ3v) is 5.90. The second-order valence-electron chi connectivity index (χ2n) is 7.38. The average Bonchev–Trinajstić information content (AvgIpc) is 2.78. The van der Waals surface area contributed by atoms with Crippen LogP contribution in [0.1, 0.15) is 55.9 Å². The highest BCUT2D eigenvalue weighted by Crippen LogP contribution is 2.37. The minimum Gasteiger partial charge on any atom is -0.293 e. The third kappa shape index (κ3) is 2.93. The van der Waals surface area contributed by atoms with Crippen LogP contribution in [0.5, 0.6) is 0 Å². The van der Waals surface area contributed by atoms with E-state index in [1.54, 1.807) is 0 Å². The van der Waals surface area contributed by atoms with Gasteiger partial charge in [0, 0.05) is 18.0 Å². The van der Waals surface area contributed by atoms with Gasteiger partial charge in [-0.2, -0.15) is 0 Å². The van der Waals surface area contributed by atoms with Gasteiger partial charge in [0.15, 0.2) is 0 Å². The van der Waals surface area contributed by atoms with Gasteiger partial charge < -0.3 is 0 Å². The van der Waals surface area contributed by atoms with Crippen molar-refractivity contribution in [2.45, 2.75) is 52.6 Å². The summed E-state index contributed by atoms with van der Waals surface area (Å²) < 4.78 is 0. The van der Waals surface area contributed by atoms with Crippen molar-refractivity contribution in [1.29, 1.82) is 0 Å². The summed E-state index contributed by atoms with van der Waals surface area (Å²) in [7, 11) is 2.23. The van der Waals surface area contributed by atoms with Gasteiger partial charge in [0.25, 0.3) is 0 Å². The number of benzene rings is 2. The fourth-order valence-corrected chi connectivity index (χ4v) is 4.02. The van der Waals surface area contributed by atoms with Crippen molar-refractivity contribution in [3.8, 4) is 0 Å². The van der Waals surface area contributed by atoms with Gasteiger partial charge >= 0.3 is 0 Å². The van der Waals surface area contributed by atoms with Gasteiger partial charge in [-0.1, -0.05) is 66.6 Å². The lowest BCUT2D eigenvalue weighted by molar-refractivity contribution is 0.284. The van der Waals surface area contributed by atoms with E-state index in [0.29, 0.717) is 18.0 Å². The molecule has 1 aliphatic rings. The Morgan fingerprint density at radius 2 is 1.54 bits per heavy atom. The molecule has 2 aromatic rings. The number of hydrogen-bond acceptors (Lipinski definition) is 1. The molecule has 1 nitrogen and oxygen atoms in total. The fraction of sp³-hybridized carbons (Fsp3) is 0.391. The maximum absolute atomic E-state index is 2.47. The second kappa shape index (κ2) is 6.57. The Hall–Kier alpha value is -1.86. The smallest absolute Gasteiger partial charge is 0.0328 e. The molecule has 3 unspecified atom stereocenters. The van der Waals surface area contributed by atoms with Gasteiger partial charge in [0.05, 0.1) is 0 Å². The number of likely N-dealkylation sites (N-methyl/N-ethyl adjacent to an activating group) is 1. The summed E-state index contributed by atoms with van der Waals surface area (Å²) in [5, 5.41) is 0. The molecule has 0 saturated heterocycles. The van der Waals surface area contributed by atoms with Crippen LogP contribution in [0.25, 0.3) is 5.57 Å². The monoisotopic (exact) mass is 319 g/mol. The van der Waals surface area contributed by atoms with E-state index in [-0.39, 0.29) is 0 Å². The molecule has 3 atom stereocenters. The molecular weight excluding hydrogens is 290 g/mol. The van der Waals surface area contributed by atoms with Crippen molar-refractivity contribution in [3.63, 3.8) is 0 Å². The number of rotatable bonds is 3. The minimum absolute atomic E-state index is 0.414. The maximum Gasteiger partial charge on any atom is 0.0328 e. The molecule has 0 radical (unpaired) electrons. The van der Waals surface area contributed by atoms with E-state index in [1.165, 1.54) is 33.4 Å². The lowest BCUT2D eigenvalue weighted by atomic mass is 9.87. The predicted octanol–water partition coefficient (Wildman–Crippen LogP) is 5.64. The van der Waals surface area contributed by atoms with E-state index in [4.69, 9.17) is 0 Å². The molecule has 1 heterocycles. The first-order valence-corrected chi connectivity index (χ1v) is 8.99. The van der Waals surface area contributed by atoms with Gasteiger partial charge in [-0.25, -0.2) is 0 Å². The molecule has 1 aliphatic heterocycles. The van der Waals surface area contributed by atoms with Crippen molar-refractivity contribution in [3.05, 3.63) is 76.4 Å². The number of nitrogens with zero attached hydrogens (tertiary/aromatic N) is 1. The number of aryl methyl sites for hydroxylation is 1. The Labute approximate surface area is 147 Å². The Bertz CT molecular complexity index is 757. The van der Waals surface area contributed by atoms with Crippen LogP contribution in [-0.2, 0) is 0 Å². The lowest BCUT2D eigenvalue weighted by Crippen LogP contribution is -2.30. The van der Waals surface area contributed by atoms with Crippen molar-refractivity contribution < 1.29 is 0 Å². The lowest BCUT2D eigenvalue weighted by Gasteiger charge is -2.23. The van der Waals surface area contributed by atoms with E-state index in [0.717, 1.165) is 0 Å². The van der Waals surface area contributed by atoms with Crippen molar-refractivity contribution in [2.75, 3.05) is 7.05 Å². The van der Waals surface area contributed by atoms with Crippen LogP contribution in [0.2, 0.25) is 0 Å².